The first-order chi connectivity index (χ1) is 14.8. The summed E-state index contributed by atoms with van der Waals surface area (Å²) in [7, 11) is 1.70. The fraction of sp³-hybridized carbons (Fsp3) is 0.500. The number of hydrogen-bond donors (Lipinski definition) is 2. The molecule has 0 aliphatic heterocycles. The van der Waals surface area contributed by atoms with Crippen LogP contribution in [0.4, 0.5) is 0 Å². The zero-order chi connectivity index (χ0) is 22.9. The molecule has 0 radical (unpaired) electrons. The van der Waals surface area contributed by atoms with Crippen LogP contribution in [-0.4, -0.2) is 41.9 Å². The van der Waals surface area contributed by atoms with Crippen molar-refractivity contribution in [2.24, 2.45) is 0 Å². The summed E-state index contributed by atoms with van der Waals surface area (Å²) in [4.78, 5) is 13.0. The maximum absolute atomic E-state index is 13.0. The first-order valence-corrected chi connectivity index (χ1v) is 11.1. The summed E-state index contributed by atoms with van der Waals surface area (Å²) >= 11 is 0. The topological polar surface area (TPSA) is 76.0 Å². The quantitative estimate of drug-likeness (QED) is 0.449. The van der Waals surface area contributed by atoms with E-state index in [0.717, 1.165) is 24.0 Å². The van der Waals surface area contributed by atoms with Gasteiger partial charge in [-0.2, -0.15) is 0 Å². The van der Waals surface area contributed by atoms with E-state index in [1.807, 2.05) is 31.2 Å². The number of methoxy groups -OCH3 is 1. The Kier molecular flexibility index (Phi) is 9.53. The lowest BCUT2D eigenvalue weighted by Gasteiger charge is -2.31. The van der Waals surface area contributed by atoms with Gasteiger partial charge in [-0.15, -0.1) is 0 Å². The number of carbonyl (C=O) groups excluding carboxylic acids is 1. The third kappa shape index (κ3) is 6.81. The molecule has 0 amide bonds. The Labute approximate surface area is 186 Å². The summed E-state index contributed by atoms with van der Waals surface area (Å²) in [5.74, 6) is 0.499. The van der Waals surface area contributed by atoms with E-state index in [9.17, 15) is 15.0 Å². The zero-order valence-corrected chi connectivity index (χ0v) is 19.1. The molecule has 0 bridgehead atoms. The van der Waals surface area contributed by atoms with Crippen molar-refractivity contribution in [3.05, 3.63) is 59.7 Å². The lowest BCUT2D eigenvalue weighted by atomic mass is 9.72. The average Bonchev–Trinajstić information content (AvgIpc) is 2.78. The number of carbonyl (C=O) groups is 1. The predicted octanol–water partition coefficient (Wildman–Crippen LogP) is 5.36. The number of rotatable bonds is 13. The fourth-order valence-electron chi connectivity index (χ4n) is 3.92. The number of aromatic hydroxyl groups is 2. The Morgan fingerprint density at radius 2 is 1.45 bits per heavy atom. The first-order valence-electron chi connectivity index (χ1n) is 11.1. The summed E-state index contributed by atoms with van der Waals surface area (Å²) in [5, 5.41) is 19.4. The minimum absolute atomic E-state index is 0.0942. The number of ether oxygens (including phenoxy) is 2. The van der Waals surface area contributed by atoms with Gasteiger partial charge in [0.2, 0.25) is 0 Å². The van der Waals surface area contributed by atoms with Gasteiger partial charge >= 0.3 is 0 Å². The van der Waals surface area contributed by atoms with E-state index in [-0.39, 0.29) is 23.4 Å². The van der Waals surface area contributed by atoms with E-state index in [0.29, 0.717) is 25.9 Å². The minimum atomic E-state index is -0.446. The number of ketones is 1. The predicted molar refractivity (Wildman–Crippen MR) is 123 cm³/mol. The molecule has 5 nitrogen and oxygen atoms in total. The van der Waals surface area contributed by atoms with Crippen LogP contribution in [0.2, 0.25) is 0 Å². The second kappa shape index (κ2) is 11.9. The van der Waals surface area contributed by atoms with Crippen molar-refractivity contribution in [3.63, 3.8) is 0 Å². The summed E-state index contributed by atoms with van der Waals surface area (Å²) in [6.07, 6.45) is 3.03. The van der Waals surface area contributed by atoms with Crippen molar-refractivity contribution in [1.29, 1.82) is 0 Å². The Morgan fingerprint density at radius 1 is 0.935 bits per heavy atom. The number of Topliss-reactive ketones (excluding diaryl/α,β-unsaturated/α-hetero) is 1. The average molecular weight is 429 g/mol. The smallest absolute Gasteiger partial charge is 0.161 e. The van der Waals surface area contributed by atoms with Crippen LogP contribution in [0.25, 0.3) is 0 Å². The van der Waals surface area contributed by atoms with Gasteiger partial charge in [0.05, 0.1) is 12.7 Å². The largest absolute Gasteiger partial charge is 0.508 e. The molecule has 31 heavy (non-hydrogen) atoms. The molecule has 0 aromatic heterocycles. The molecule has 0 aliphatic rings. The van der Waals surface area contributed by atoms with Gasteiger partial charge in [0.1, 0.15) is 17.6 Å². The van der Waals surface area contributed by atoms with Crippen molar-refractivity contribution < 1.29 is 24.5 Å². The van der Waals surface area contributed by atoms with E-state index >= 15 is 0 Å². The molecule has 0 saturated heterocycles. The van der Waals surface area contributed by atoms with Crippen molar-refractivity contribution in [2.75, 3.05) is 13.7 Å². The summed E-state index contributed by atoms with van der Waals surface area (Å²) in [5.41, 5.74) is 1.56. The van der Waals surface area contributed by atoms with Gasteiger partial charge in [-0.3, -0.25) is 4.79 Å². The molecule has 2 aromatic carbocycles. The maximum Gasteiger partial charge on any atom is 0.161 e. The van der Waals surface area contributed by atoms with Crippen molar-refractivity contribution in [1.82, 2.24) is 0 Å². The molecule has 0 aliphatic carbocycles. The molecule has 2 N–H and O–H groups in total. The van der Waals surface area contributed by atoms with Crippen LogP contribution >= 0.6 is 0 Å². The van der Waals surface area contributed by atoms with Crippen LogP contribution in [0, 0.1) is 0 Å². The van der Waals surface area contributed by atoms with Crippen molar-refractivity contribution >= 4 is 5.78 Å². The highest BCUT2D eigenvalue weighted by molar-refractivity contribution is 5.83. The maximum atomic E-state index is 13.0. The third-order valence-corrected chi connectivity index (χ3v) is 6.16. The molecule has 0 spiro atoms. The van der Waals surface area contributed by atoms with Crippen LogP contribution in [0.15, 0.2) is 48.5 Å². The van der Waals surface area contributed by atoms with Crippen LogP contribution in [0.5, 0.6) is 11.5 Å². The van der Waals surface area contributed by atoms with Gasteiger partial charge in [0.25, 0.3) is 0 Å². The van der Waals surface area contributed by atoms with Gasteiger partial charge in [-0.25, -0.2) is 0 Å². The molecule has 0 fully saturated rings. The second-order valence-electron chi connectivity index (χ2n) is 8.21. The van der Waals surface area contributed by atoms with Crippen LogP contribution in [-0.2, 0) is 19.7 Å². The van der Waals surface area contributed by atoms with E-state index in [2.05, 4.69) is 13.8 Å². The van der Waals surface area contributed by atoms with Gasteiger partial charge in [0, 0.05) is 18.9 Å². The highest BCUT2D eigenvalue weighted by Gasteiger charge is 2.31. The highest BCUT2D eigenvalue weighted by atomic mass is 16.5. The van der Waals surface area contributed by atoms with Gasteiger partial charge in [-0.05, 0) is 61.1 Å². The highest BCUT2D eigenvalue weighted by Crippen LogP contribution is 2.38. The fourth-order valence-corrected chi connectivity index (χ4v) is 3.92. The van der Waals surface area contributed by atoms with Gasteiger partial charge < -0.3 is 19.7 Å². The van der Waals surface area contributed by atoms with E-state index < -0.39 is 11.5 Å². The zero-order valence-electron chi connectivity index (χ0n) is 19.1. The molecule has 2 rings (SSSR count). The Hall–Kier alpha value is -2.37. The molecule has 2 aromatic rings. The Balaban J connectivity index is 2.12. The second-order valence-corrected chi connectivity index (χ2v) is 8.21. The number of phenolic OH excluding ortho intramolecular Hbond substituents is 2. The number of hydrogen-bond acceptors (Lipinski definition) is 5. The number of phenols is 2. The summed E-state index contributed by atoms with van der Waals surface area (Å²) < 4.78 is 11.3. The number of benzene rings is 2. The molecule has 2 atom stereocenters. The van der Waals surface area contributed by atoms with Crippen LogP contribution in [0.3, 0.4) is 0 Å². The van der Waals surface area contributed by atoms with E-state index in [1.54, 1.807) is 31.4 Å². The molecule has 5 heteroatoms. The first kappa shape index (κ1) is 24.9. The minimum Gasteiger partial charge on any atom is -0.508 e. The van der Waals surface area contributed by atoms with Crippen molar-refractivity contribution in [2.45, 2.75) is 70.5 Å². The summed E-state index contributed by atoms with van der Waals surface area (Å²) in [6, 6.07) is 14.2. The third-order valence-electron chi connectivity index (χ3n) is 6.16. The van der Waals surface area contributed by atoms with Crippen molar-refractivity contribution in [3.8, 4) is 11.5 Å². The summed E-state index contributed by atoms with van der Waals surface area (Å²) in [6.45, 7) is 6.63. The lowest BCUT2D eigenvalue weighted by molar-refractivity contribution is -0.131. The normalized spacial score (nSPS) is 13.7. The molecular weight excluding hydrogens is 392 g/mol. The van der Waals surface area contributed by atoms with Gasteiger partial charge in [-0.1, -0.05) is 45.0 Å². The van der Waals surface area contributed by atoms with E-state index in [4.69, 9.17) is 9.47 Å². The SMILES string of the molecule is CCC(CCO[C@H](CC)C(=O)CCC(C)(c1ccc(O)cc1)c1ccc(O)cc1)OC. The molecule has 0 saturated carbocycles. The van der Waals surface area contributed by atoms with Crippen LogP contribution < -0.4 is 0 Å². The molecule has 1 unspecified atom stereocenters. The van der Waals surface area contributed by atoms with E-state index in [1.165, 1.54) is 0 Å². The monoisotopic (exact) mass is 428 g/mol. The Morgan fingerprint density at radius 3 is 1.87 bits per heavy atom. The lowest BCUT2D eigenvalue weighted by Crippen LogP contribution is -2.29. The standard InChI is InChI=1S/C26H36O5/c1-5-23(30-4)16-18-31-25(6-2)24(29)15-17-26(3,19-7-11-21(27)12-8-19)20-9-13-22(28)14-10-20/h7-14,23,25,27-28H,5-6,15-18H2,1-4H3/t23?,25-/m1/s1. The van der Waals surface area contributed by atoms with Gasteiger partial charge in [0.15, 0.2) is 5.78 Å². The molecule has 170 valence electrons. The molecular formula is C26H36O5. The van der Waals surface area contributed by atoms with Crippen LogP contribution in [0.1, 0.15) is 64.0 Å². The molecule has 0 heterocycles. The Bertz CT molecular complexity index is 748.